The van der Waals surface area contributed by atoms with Crippen LogP contribution >= 0.6 is 39.3 Å². The van der Waals surface area contributed by atoms with Crippen LogP contribution in [-0.2, 0) is 4.79 Å². The maximum absolute atomic E-state index is 12.0. The predicted molar refractivity (Wildman–Crippen MR) is 97.1 cm³/mol. The number of aryl methyl sites for hydroxylation is 1. The number of hydrogen-bond acceptors (Lipinski definition) is 4. The van der Waals surface area contributed by atoms with Crippen molar-refractivity contribution < 1.29 is 4.79 Å². The van der Waals surface area contributed by atoms with Gasteiger partial charge in [0.05, 0.1) is 16.3 Å². The summed E-state index contributed by atoms with van der Waals surface area (Å²) in [7, 11) is 0. The number of carbonyl (C=O) groups excluding carboxylic acids is 1. The van der Waals surface area contributed by atoms with Gasteiger partial charge in [0.15, 0.2) is 10.8 Å². The molecule has 23 heavy (non-hydrogen) atoms. The van der Waals surface area contributed by atoms with E-state index in [0.29, 0.717) is 15.8 Å². The van der Waals surface area contributed by atoms with Crippen molar-refractivity contribution in [3.8, 4) is 0 Å². The number of fused-ring (bicyclic) bond motifs is 1. The molecule has 5 nitrogen and oxygen atoms in total. The number of carbonyl (C=O) groups is 1. The second kappa shape index (κ2) is 6.90. The number of nitrogens with one attached hydrogen (secondary N) is 2. The summed E-state index contributed by atoms with van der Waals surface area (Å²) in [5, 5.41) is 4.03. The lowest BCUT2D eigenvalue weighted by Crippen LogP contribution is -2.14. The van der Waals surface area contributed by atoms with Gasteiger partial charge in [-0.05, 0) is 30.7 Å². The molecule has 3 aromatic rings. The molecule has 0 atom stereocenters. The van der Waals surface area contributed by atoms with E-state index < -0.39 is 0 Å². The lowest BCUT2D eigenvalue weighted by atomic mass is 10.2. The number of nitrogens with zero attached hydrogens (tertiary/aromatic N) is 2. The molecule has 0 aliphatic heterocycles. The van der Waals surface area contributed by atoms with Gasteiger partial charge >= 0.3 is 0 Å². The van der Waals surface area contributed by atoms with Crippen molar-refractivity contribution in [2.45, 2.75) is 12.1 Å². The molecule has 118 valence electrons. The number of thioether (sulfide) groups is 1. The van der Waals surface area contributed by atoms with E-state index in [0.717, 1.165) is 21.2 Å². The van der Waals surface area contributed by atoms with E-state index in [-0.39, 0.29) is 11.7 Å². The van der Waals surface area contributed by atoms with Crippen LogP contribution in [0.2, 0.25) is 5.02 Å². The van der Waals surface area contributed by atoms with Gasteiger partial charge in [-0.3, -0.25) is 4.79 Å². The van der Waals surface area contributed by atoms with Gasteiger partial charge in [0, 0.05) is 16.4 Å². The molecule has 0 aliphatic rings. The highest BCUT2D eigenvalue weighted by molar-refractivity contribution is 9.10. The molecule has 1 aromatic carbocycles. The van der Waals surface area contributed by atoms with E-state index in [9.17, 15) is 4.79 Å². The molecule has 0 bridgehead atoms. The van der Waals surface area contributed by atoms with E-state index in [1.54, 1.807) is 12.3 Å². The van der Waals surface area contributed by atoms with Crippen molar-refractivity contribution in [2.24, 2.45) is 0 Å². The van der Waals surface area contributed by atoms with E-state index in [1.807, 2.05) is 25.1 Å². The number of hydrogen-bond donors (Lipinski definition) is 2. The second-order valence-corrected chi connectivity index (χ2v) is 7.12. The first-order valence-corrected chi connectivity index (χ1v) is 8.87. The Morgan fingerprint density at radius 3 is 3.04 bits per heavy atom. The number of anilines is 1. The molecule has 0 unspecified atom stereocenters. The Labute approximate surface area is 150 Å². The van der Waals surface area contributed by atoms with Crippen molar-refractivity contribution in [1.29, 1.82) is 0 Å². The summed E-state index contributed by atoms with van der Waals surface area (Å²) in [6.45, 7) is 1.99. The number of imidazole rings is 1. The molecule has 8 heteroatoms. The molecule has 0 saturated heterocycles. The van der Waals surface area contributed by atoms with E-state index in [4.69, 9.17) is 11.6 Å². The summed E-state index contributed by atoms with van der Waals surface area (Å²) in [5.74, 6) is 0.149. The minimum absolute atomic E-state index is 0.0998. The summed E-state index contributed by atoms with van der Waals surface area (Å²) in [5.41, 5.74) is 3.21. The average Bonchev–Trinajstić information content (AvgIpc) is 2.91. The molecule has 0 saturated carbocycles. The first-order chi connectivity index (χ1) is 11.0. The molecule has 2 heterocycles. The van der Waals surface area contributed by atoms with Gasteiger partial charge in [-0.15, -0.1) is 0 Å². The Morgan fingerprint density at radius 2 is 2.26 bits per heavy atom. The number of rotatable bonds is 4. The van der Waals surface area contributed by atoms with E-state index >= 15 is 0 Å². The molecule has 3 rings (SSSR count). The maximum Gasteiger partial charge on any atom is 0.234 e. The lowest BCUT2D eigenvalue weighted by Gasteiger charge is -2.06. The molecule has 0 spiro atoms. The Bertz CT molecular complexity index is 883. The topological polar surface area (TPSA) is 70.7 Å². The van der Waals surface area contributed by atoms with Crippen molar-refractivity contribution in [1.82, 2.24) is 15.0 Å². The van der Waals surface area contributed by atoms with Crippen LogP contribution in [0.4, 0.5) is 5.69 Å². The number of benzene rings is 1. The van der Waals surface area contributed by atoms with Crippen LogP contribution in [0.3, 0.4) is 0 Å². The maximum atomic E-state index is 12.0. The van der Waals surface area contributed by atoms with Crippen LogP contribution in [-0.4, -0.2) is 26.6 Å². The molecule has 0 aliphatic carbocycles. The van der Waals surface area contributed by atoms with E-state index in [1.165, 1.54) is 11.8 Å². The highest BCUT2D eigenvalue weighted by Gasteiger charge is 2.09. The minimum Gasteiger partial charge on any atom is -0.331 e. The van der Waals surface area contributed by atoms with Crippen LogP contribution in [0.5, 0.6) is 0 Å². The molecule has 0 radical (unpaired) electrons. The summed E-state index contributed by atoms with van der Waals surface area (Å²) < 4.78 is 0.961. The number of pyridine rings is 1. The van der Waals surface area contributed by atoms with Crippen LogP contribution in [0.1, 0.15) is 5.56 Å². The zero-order chi connectivity index (χ0) is 16.4. The first kappa shape index (κ1) is 16.3. The van der Waals surface area contributed by atoms with Crippen molar-refractivity contribution >= 4 is 62.1 Å². The molecule has 2 N–H and O–H groups in total. The number of aromatic amines is 1. The number of halogens is 2. The highest BCUT2D eigenvalue weighted by atomic mass is 79.9. The average molecular weight is 412 g/mol. The van der Waals surface area contributed by atoms with Gasteiger partial charge in [0.2, 0.25) is 5.91 Å². The van der Waals surface area contributed by atoms with Crippen LogP contribution < -0.4 is 5.32 Å². The number of H-pyrrole nitrogens is 1. The summed E-state index contributed by atoms with van der Waals surface area (Å²) in [6.07, 6.45) is 1.54. The highest BCUT2D eigenvalue weighted by Crippen LogP contribution is 2.22. The van der Waals surface area contributed by atoms with Crippen molar-refractivity contribution in [3.05, 3.63) is 45.5 Å². The van der Waals surface area contributed by atoms with Gasteiger partial charge in [0.25, 0.3) is 0 Å². The third-order valence-corrected chi connectivity index (χ3v) is 5.01. The Kier molecular flexibility index (Phi) is 4.89. The molecule has 1 amide bonds. The smallest absolute Gasteiger partial charge is 0.234 e. The zero-order valence-electron chi connectivity index (χ0n) is 12.1. The summed E-state index contributed by atoms with van der Waals surface area (Å²) >= 11 is 10.6. The Hall–Kier alpha value is -1.57. The van der Waals surface area contributed by atoms with Gasteiger partial charge in [-0.1, -0.05) is 45.4 Å². The molecule has 2 aromatic heterocycles. The normalized spacial score (nSPS) is 10.9. The van der Waals surface area contributed by atoms with Crippen molar-refractivity contribution in [2.75, 3.05) is 11.1 Å². The summed E-state index contributed by atoms with van der Waals surface area (Å²) in [6, 6.07) is 7.45. The zero-order valence-corrected chi connectivity index (χ0v) is 15.2. The third-order valence-electron chi connectivity index (χ3n) is 3.08. The fourth-order valence-corrected chi connectivity index (χ4v) is 3.13. The summed E-state index contributed by atoms with van der Waals surface area (Å²) in [4.78, 5) is 23.5. The fourth-order valence-electron chi connectivity index (χ4n) is 1.92. The predicted octanol–water partition coefficient (Wildman–Crippen LogP) is 4.41. The number of amides is 1. The third kappa shape index (κ3) is 4.04. The first-order valence-electron chi connectivity index (χ1n) is 6.71. The number of aromatic nitrogens is 3. The standard InChI is InChI=1S/C15H12BrClN4OS/c1-8-2-3-10(5-11(8)16)19-13(22)7-23-15-20-12-4-9(17)6-18-14(12)21-15/h2-6H,7H2,1H3,(H,19,22)(H,18,20,21). The molecule has 0 fully saturated rings. The van der Waals surface area contributed by atoms with Crippen molar-refractivity contribution in [3.63, 3.8) is 0 Å². The monoisotopic (exact) mass is 410 g/mol. The quantitative estimate of drug-likeness (QED) is 0.624. The Morgan fingerprint density at radius 1 is 1.43 bits per heavy atom. The van der Waals surface area contributed by atoms with Gasteiger partial charge in [0.1, 0.15) is 0 Å². The molecular weight excluding hydrogens is 400 g/mol. The second-order valence-electron chi connectivity index (χ2n) is 4.87. The van der Waals surface area contributed by atoms with Crippen LogP contribution in [0.15, 0.2) is 40.1 Å². The van der Waals surface area contributed by atoms with Gasteiger partial charge in [-0.2, -0.15) is 0 Å². The lowest BCUT2D eigenvalue weighted by molar-refractivity contribution is -0.113. The van der Waals surface area contributed by atoms with E-state index in [2.05, 4.69) is 36.2 Å². The van der Waals surface area contributed by atoms with Gasteiger partial charge in [-0.25, -0.2) is 9.97 Å². The molecular formula is C15H12BrClN4OS. The fraction of sp³-hybridized carbons (Fsp3) is 0.133. The Balaban J connectivity index is 1.62. The van der Waals surface area contributed by atoms with Crippen LogP contribution in [0.25, 0.3) is 11.2 Å². The SMILES string of the molecule is Cc1ccc(NC(=O)CSc2nc3ncc(Cl)cc3[nH]2)cc1Br. The minimum atomic E-state index is -0.0998. The van der Waals surface area contributed by atoms with Crippen LogP contribution in [0, 0.1) is 6.92 Å². The van der Waals surface area contributed by atoms with Gasteiger partial charge < -0.3 is 10.3 Å². The largest absolute Gasteiger partial charge is 0.331 e.